The number of aromatic nitrogens is 1. The summed E-state index contributed by atoms with van der Waals surface area (Å²) in [5.74, 6) is -0.0796. The number of hydrogen-bond acceptors (Lipinski definition) is 5. The van der Waals surface area contributed by atoms with Gasteiger partial charge in [-0.25, -0.2) is 0 Å². The molecule has 1 saturated carbocycles. The van der Waals surface area contributed by atoms with E-state index in [1.807, 2.05) is 44.2 Å². The number of nitrogens with zero attached hydrogens (tertiary/aromatic N) is 2. The first-order valence-electron chi connectivity index (χ1n) is 11.6. The molecule has 1 aliphatic carbocycles. The molecule has 2 atom stereocenters. The SMILES string of the molecule is COC(C)(C)C(NC(=O)C(CC#N)c1ccccn1)c1ccc(OCC2(C)CCCC2)cc1. The summed E-state index contributed by atoms with van der Waals surface area (Å²) in [4.78, 5) is 17.5. The fourth-order valence-corrected chi connectivity index (χ4v) is 4.41. The fourth-order valence-electron chi connectivity index (χ4n) is 4.41. The maximum absolute atomic E-state index is 13.2. The highest BCUT2D eigenvalue weighted by Crippen LogP contribution is 2.38. The van der Waals surface area contributed by atoms with Crippen molar-refractivity contribution in [2.24, 2.45) is 5.41 Å². The predicted octanol–water partition coefficient (Wildman–Crippen LogP) is 5.32. The largest absolute Gasteiger partial charge is 0.493 e. The summed E-state index contributed by atoms with van der Waals surface area (Å²) in [5, 5.41) is 12.4. The van der Waals surface area contributed by atoms with E-state index in [0.29, 0.717) is 5.69 Å². The second-order valence-electron chi connectivity index (χ2n) is 9.79. The lowest BCUT2D eigenvalue weighted by atomic mass is 9.89. The van der Waals surface area contributed by atoms with Crippen LogP contribution in [-0.2, 0) is 9.53 Å². The highest BCUT2D eigenvalue weighted by Gasteiger charge is 2.35. The lowest BCUT2D eigenvalue weighted by molar-refractivity contribution is -0.126. The standard InChI is InChI=1S/C27H35N3O3/c1-26(2,32-4)24(30-25(31)22(14-17-28)23-9-5-8-18-29-23)20-10-12-21(13-11-20)33-19-27(3)15-6-7-16-27/h5,8-13,18,22,24H,6-7,14-16,19H2,1-4H3,(H,30,31). The monoisotopic (exact) mass is 449 g/mol. The molecule has 1 N–H and O–H groups in total. The van der Waals surface area contributed by atoms with Crippen LogP contribution in [0, 0.1) is 16.7 Å². The summed E-state index contributed by atoms with van der Waals surface area (Å²) in [6.07, 6.45) is 6.65. The molecule has 2 aromatic rings. The zero-order valence-corrected chi connectivity index (χ0v) is 20.1. The van der Waals surface area contributed by atoms with Gasteiger partial charge < -0.3 is 14.8 Å². The van der Waals surface area contributed by atoms with Gasteiger partial charge in [0.2, 0.25) is 5.91 Å². The van der Waals surface area contributed by atoms with Gasteiger partial charge in [-0.3, -0.25) is 9.78 Å². The molecule has 0 saturated heterocycles. The molecule has 0 spiro atoms. The minimum Gasteiger partial charge on any atom is -0.493 e. The van der Waals surface area contributed by atoms with Gasteiger partial charge in [0.25, 0.3) is 0 Å². The van der Waals surface area contributed by atoms with E-state index >= 15 is 0 Å². The Labute approximate surface area is 197 Å². The van der Waals surface area contributed by atoms with Gasteiger partial charge >= 0.3 is 0 Å². The molecule has 33 heavy (non-hydrogen) atoms. The minimum atomic E-state index is -0.670. The molecule has 3 rings (SSSR count). The lowest BCUT2D eigenvalue weighted by Gasteiger charge is -2.35. The Morgan fingerprint density at radius 3 is 2.48 bits per heavy atom. The van der Waals surface area contributed by atoms with E-state index in [0.717, 1.165) is 17.9 Å². The maximum Gasteiger partial charge on any atom is 0.230 e. The number of nitrogens with one attached hydrogen (secondary N) is 1. The summed E-state index contributed by atoms with van der Waals surface area (Å²) in [6, 6.07) is 14.9. The average Bonchev–Trinajstić information content (AvgIpc) is 3.27. The van der Waals surface area contributed by atoms with Crippen LogP contribution >= 0.6 is 0 Å². The van der Waals surface area contributed by atoms with Crippen LogP contribution < -0.4 is 10.1 Å². The van der Waals surface area contributed by atoms with Gasteiger partial charge in [0.05, 0.1) is 42.4 Å². The van der Waals surface area contributed by atoms with E-state index in [1.54, 1.807) is 25.4 Å². The molecular weight excluding hydrogens is 414 g/mol. The topological polar surface area (TPSA) is 84.2 Å². The fraction of sp³-hybridized carbons (Fsp3) is 0.519. The second kappa shape index (κ2) is 10.8. The number of carbonyl (C=O) groups excluding carboxylic acids is 1. The van der Waals surface area contributed by atoms with Crippen molar-refractivity contribution in [3.63, 3.8) is 0 Å². The minimum absolute atomic E-state index is 0.0501. The third kappa shape index (κ3) is 6.33. The molecule has 1 fully saturated rings. The summed E-state index contributed by atoms with van der Waals surface area (Å²) in [6.45, 7) is 6.88. The van der Waals surface area contributed by atoms with Gasteiger partial charge in [0.1, 0.15) is 5.75 Å². The summed E-state index contributed by atoms with van der Waals surface area (Å²) < 4.78 is 11.8. The van der Waals surface area contributed by atoms with Crippen LogP contribution in [0.5, 0.6) is 5.75 Å². The van der Waals surface area contributed by atoms with Gasteiger partial charge in [-0.05, 0) is 56.5 Å². The molecule has 1 amide bonds. The number of ether oxygens (including phenoxy) is 2. The van der Waals surface area contributed by atoms with Crippen molar-refractivity contribution in [3.05, 3.63) is 59.9 Å². The molecule has 1 heterocycles. The third-order valence-corrected chi connectivity index (χ3v) is 6.78. The smallest absolute Gasteiger partial charge is 0.230 e. The Bertz CT molecular complexity index is 945. The van der Waals surface area contributed by atoms with E-state index in [1.165, 1.54) is 25.7 Å². The number of methoxy groups -OCH3 is 1. The van der Waals surface area contributed by atoms with Crippen molar-refractivity contribution in [2.75, 3.05) is 13.7 Å². The van der Waals surface area contributed by atoms with Crippen molar-refractivity contribution in [1.82, 2.24) is 10.3 Å². The number of amides is 1. The van der Waals surface area contributed by atoms with Gasteiger partial charge in [-0.2, -0.15) is 5.26 Å². The van der Waals surface area contributed by atoms with Crippen LogP contribution in [0.3, 0.4) is 0 Å². The molecule has 0 radical (unpaired) electrons. The Morgan fingerprint density at radius 2 is 1.91 bits per heavy atom. The summed E-state index contributed by atoms with van der Waals surface area (Å²) >= 11 is 0. The van der Waals surface area contributed by atoms with E-state index in [-0.39, 0.29) is 17.7 Å². The van der Waals surface area contributed by atoms with E-state index < -0.39 is 17.6 Å². The van der Waals surface area contributed by atoms with Gasteiger partial charge in [-0.1, -0.05) is 38.0 Å². The van der Waals surface area contributed by atoms with Gasteiger partial charge in [0.15, 0.2) is 0 Å². The van der Waals surface area contributed by atoms with E-state index in [2.05, 4.69) is 23.3 Å². The number of rotatable bonds is 10. The predicted molar refractivity (Wildman–Crippen MR) is 128 cm³/mol. The Hall–Kier alpha value is -2.91. The molecule has 1 aromatic carbocycles. The van der Waals surface area contributed by atoms with Crippen LogP contribution in [0.15, 0.2) is 48.7 Å². The molecule has 6 nitrogen and oxygen atoms in total. The zero-order valence-electron chi connectivity index (χ0n) is 20.1. The Balaban J connectivity index is 1.77. The van der Waals surface area contributed by atoms with Gasteiger partial charge in [-0.15, -0.1) is 0 Å². The second-order valence-corrected chi connectivity index (χ2v) is 9.79. The normalized spacial score (nSPS) is 17.1. The molecular formula is C27H35N3O3. The Kier molecular flexibility index (Phi) is 8.10. The molecule has 1 aliphatic rings. The van der Waals surface area contributed by atoms with Crippen molar-refractivity contribution in [3.8, 4) is 11.8 Å². The van der Waals surface area contributed by atoms with Crippen LogP contribution in [0.25, 0.3) is 0 Å². The number of hydrogen-bond donors (Lipinski definition) is 1. The quantitative estimate of drug-likeness (QED) is 0.531. The summed E-state index contributed by atoms with van der Waals surface area (Å²) in [5.41, 5.74) is 1.08. The number of pyridine rings is 1. The van der Waals surface area contributed by atoms with Crippen LogP contribution in [0.4, 0.5) is 0 Å². The van der Waals surface area contributed by atoms with Gasteiger partial charge in [0, 0.05) is 18.7 Å². The first-order valence-corrected chi connectivity index (χ1v) is 11.6. The van der Waals surface area contributed by atoms with Crippen LogP contribution in [0.2, 0.25) is 0 Å². The number of nitriles is 1. The number of carbonyl (C=O) groups is 1. The highest BCUT2D eigenvalue weighted by atomic mass is 16.5. The molecule has 2 unspecified atom stereocenters. The molecule has 0 bridgehead atoms. The summed E-state index contributed by atoms with van der Waals surface area (Å²) in [7, 11) is 1.63. The highest BCUT2D eigenvalue weighted by molar-refractivity contribution is 5.84. The maximum atomic E-state index is 13.2. The van der Waals surface area contributed by atoms with Crippen molar-refractivity contribution < 1.29 is 14.3 Å². The molecule has 1 aromatic heterocycles. The first kappa shape index (κ1) is 24.7. The number of benzene rings is 1. The Morgan fingerprint density at radius 1 is 1.21 bits per heavy atom. The van der Waals surface area contributed by atoms with Crippen molar-refractivity contribution >= 4 is 5.91 Å². The average molecular weight is 450 g/mol. The van der Waals surface area contributed by atoms with E-state index in [4.69, 9.17) is 9.47 Å². The lowest BCUT2D eigenvalue weighted by Crippen LogP contribution is -2.45. The molecule has 6 heteroatoms. The molecule has 0 aliphatic heterocycles. The van der Waals surface area contributed by atoms with Crippen LogP contribution in [0.1, 0.15) is 76.1 Å². The molecule has 176 valence electrons. The van der Waals surface area contributed by atoms with Crippen molar-refractivity contribution in [2.45, 2.75) is 70.4 Å². The van der Waals surface area contributed by atoms with E-state index in [9.17, 15) is 10.1 Å². The first-order chi connectivity index (χ1) is 15.8. The third-order valence-electron chi connectivity index (χ3n) is 6.78. The zero-order chi connectivity index (χ0) is 23.9. The van der Waals surface area contributed by atoms with Crippen LogP contribution in [-0.4, -0.2) is 30.2 Å². The van der Waals surface area contributed by atoms with Crippen molar-refractivity contribution in [1.29, 1.82) is 5.26 Å².